The highest BCUT2D eigenvalue weighted by Gasteiger charge is 2.26. The molecule has 0 aromatic heterocycles. The van der Waals surface area contributed by atoms with Gasteiger partial charge < -0.3 is 11.1 Å². The van der Waals surface area contributed by atoms with Gasteiger partial charge in [0.1, 0.15) is 0 Å². The number of likely N-dealkylation sites (tertiary alicyclic amines) is 1. The van der Waals surface area contributed by atoms with E-state index >= 15 is 0 Å². The molecule has 2 aromatic carbocycles. The number of carbonyl (C=O) groups is 2. The Morgan fingerprint density at radius 1 is 1.19 bits per heavy atom. The van der Waals surface area contributed by atoms with Gasteiger partial charge in [-0.15, -0.1) is 0 Å². The lowest BCUT2D eigenvalue weighted by molar-refractivity contribution is -0.121. The third kappa shape index (κ3) is 4.62. The van der Waals surface area contributed by atoms with Crippen molar-refractivity contribution in [1.29, 1.82) is 0 Å². The molecule has 3 rings (SSSR count). The van der Waals surface area contributed by atoms with Crippen LogP contribution in [0.4, 0.5) is 5.69 Å². The van der Waals surface area contributed by atoms with Crippen LogP contribution < -0.4 is 11.1 Å². The zero-order valence-corrected chi connectivity index (χ0v) is 15.2. The first-order valence-corrected chi connectivity index (χ1v) is 9.07. The summed E-state index contributed by atoms with van der Waals surface area (Å²) in [6.07, 6.45) is 1.78. The Balaban J connectivity index is 1.64. The molecular weight excluding hydrogens is 350 g/mol. The Bertz CT molecular complexity index is 809. The van der Waals surface area contributed by atoms with Gasteiger partial charge in [0.2, 0.25) is 5.91 Å². The molecule has 1 unspecified atom stereocenters. The summed E-state index contributed by atoms with van der Waals surface area (Å²) in [6.45, 7) is 2.40. The van der Waals surface area contributed by atoms with E-state index in [1.807, 2.05) is 24.3 Å². The van der Waals surface area contributed by atoms with Crippen molar-refractivity contribution in [3.05, 3.63) is 64.7 Å². The van der Waals surface area contributed by atoms with E-state index in [1.165, 1.54) is 0 Å². The number of primary amides is 1. The van der Waals surface area contributed by atoms with Crippen LogP contribution in [0.1, 0.15) is 28.8 Å². The smallest absolute Gasteiger partial charge is 0.250 e. The number of rotatable bonds is 5. The van der Waals surface area contributed by atoms with Gasteiger partial charge in [0.05, 0.1) is 17.2 Å². The van der Waals surface area contributed by atoms with Gasteiger partial charge in [-0.1, -0.05) is 35.9 Å². The first-order valence-electron chi connectivity index (χ1n) is 8.69. The van der Waals surface area contributed by atoms with Gasteiger partial charge in [-0.3, -0.25) is 14.5 Å². The number of carbonyl (C=O) groups excluding carboxylic acids is 2. The second-order valence-electron chi connectivity index (χ2n) is 6.60. The van der Waals surface area contributed by atoms with E-state index in [2.05, 4.69) is 10.2 Å². The third-order valence-corrected chi connectivity index (χ3v) is 4.86. The molecule has 5 nitrogen and oxygen atoms in total. The van der Waals surface area contributed by atoms with Gasteiger partial charge in [-0.2, -0.15) is 0 Å². The Kier molecular flexibility index (Phi) is 5.91. The number of hydrogen-bond donors (Lipinski definition) is 2. The number of nitrogens with one attached hydrogen (secondary N) is 1. The van der Waals surface area contributed by atoms with Crippen molar-refractivity contribution >= 4 is 29.1 Å². The van der Waals surface area contributed by atoms with Crippen LogP contribution >= 0.6 is 11.6 Å². The molecule has 1 aliphatic rings. The monoisotopic (exact) mass is 371 g/mol. The van der Waals surface area contributed by atoms with Crippen LogP contribution in [0.2, 0.25) is 5.02 Å². The average Bonchev–Trinajstić information content (AvgIpc) is 2.62. The molecule has 0 aliphatic carbocycles. The number of anilines is 1. The molecule has 26 heavy (non-hydrogen) atoms. The number of amides is 2. The van der Waals surface area contributed by atoms with Gasteiger partial charge in [-0.05, 0) is 49.2 Å². The molecule has 0 bridgehead atoms. The maximum Gasteiger partial charge on any atom is 0.250 e. The number of nitrogens with zero attached hydrogens (tertiary/aromatic N) is 1. The van der Waals surface area contributed by atoms with Crippen molar-refractivity contribution in [3.63, 3.8) is 0 Å². The van der Waals surface area contributed by atoms with Crippen LogP contribution in [-0.2, 0) is 11.3 Å². The molecule has 1 saturated heterocycles. The zero-order chi connectivity index (χ0) is 18.5. The number of piperidine rings is 1. The van der Waals surface area contributed by atoms with E-state index in [0.29, 0.717) is 17.8 Å². The summed E-state index contributed by atoms with van der Waals surface area (Å²) in [4.78, 5) is 26.5. The van der Waals surface area contributed by atoms with Crippen LogP contribution in [0, 0.1) is 5.92 Å². The van der Waals surface area contributed by atoms with Gasteiger partial charge in [0.15, 0.2) is 0 Å². The number of hydrogen-bond acceptors (Lipinski definition) is 3. The molecule has 1 heterocycles. The zero-order valence-electron chi connectivity index (χ0n) is 14.5. The number of nitrogens with two attached hydrogens (primary N) is 1. The molecule has 1 atom stereocenters. The summed E-state index contributed by atoms with van der Waals surface area (Å²) in [5, 5.41) is 3.59. The molecule has 3 N–H and O–H groups in total. The Morgan fingerprint density at radius 2 is 2.00 bits per heavy atom. The minimum Gasteiger partial charge on any atom is -0.366 e. The van der Waals surface area contributed by atoms with Crippen LogP contribution in [0.5, 0.6) is 0 Å². The predicted octanol–water partition coefficient (Wildman–Crippen LogP) is 3.29. The highest BCUT2D eigenvalue weighted by molar-refractivity contribution is 6.30. The quantitative estimate of drug-likeness (QED) is 0.846. The first-order chi connectivity index (χ1) is 12.5. The van der Waals surface area contributed by atoms with Crippen molar-refractivity contribution in [3.8, 4) is 0 Å². The van der Waals surface area contributed by atoms with Crippen LogP contribution in [0.15, 0.2) is 48.5 Å². The molecule has 2 aromatic rings. The van der Waals surface area contributed by atoms with Gasteiger partial charge in [0, 0.05) is 18.1 Å². The second kappa shape index (κ2) is 8.34. The van der Waals surface area contributed by atoms with E-state index in [0.717, 1.165) is 36.5 Å². The van der Waals surface area contributed by atoms with Crippen LogP contribution in [0.25, 0.3) is 0 Å². The normalized spacial score (nSPS) is 17.7. The van der Waals surface area contributed by atoms with E-state index in [-0.39, 0.29) is 11.8 Å². The maximum absolute atomic E-state index is 12.7. The largest absolute Gasteiger partial charge is 0.366 e. The topological polar surface area (TPSA) is 75.4 Å². The predicted molar refractivity (Wildman–Crippen MR) is 103 cm³/mol. The van der Waals surface area contributed by atoms with Crippen molar-refractivity contribution < 1.29 is 9.59 Å². The minimum atomic E-state index is -0.549. The number of halogens is 1. The highest BCUT2D eigenvalue weighted by atomic mass is 35.5. The van der Waals surface area contributed by atoms with Gasteiger partial charge >= 0.3 is 0 Å². The average molecular weight is 372 g/mol. The number of para-hydroxylation sites is 1. The molecule has 1 aliphatic heterocycles. The lowest BCUT2D eigenvalue weighted by Crippen LogP contribution is -2.40. The third-order valence-electron chi connectivity index (χ3n) is 4.62. The maximum atomic E-state index is 12.7. The molecular formula is C20H22ClN3O2. The first kappa shape index (κ1) is 18.4. The van der Waals surface area contributed by atoms with E-state index in [1.54, 1.807) is 24.3 Å². The lowest BCUT2D eigenvalue weighted by atomic mass is 9.96. The van der Waals surface area contributed by atoms with Crippen molar-refractivity contribution in [2.75, 3.05) is 18.4 Å². The van der Waals surface area contributed by atoms with Crippen LogP contribution in [0.3, 0.4) is 0 Å². The molecule has 0 spiro atoms. The molecule has 0 saturated carbocycles. The van der Waals surface area contributed by atoms with E-state index < -0.39 is 5.91 Å². The van der Waals surface area contributed by atoms with Gasteiger partial charge in [0.25, 0.3) is 5.91 Å². The fraction of sp³-hybridized carbons (Fsp3) is 0.300. The molecule has 2 amide bonds. The van der Waals surface area contributed by atoms with E-state index in [9.17, 15) is 9.59 Å². The Labute approximate surface area is 158 Å². The Morgan fingerprint density at radius 3 is 2.77 bits per heavy atom. The minimum absolute atomic E-state index is 0.0745. The van der Waals surface area contributed by atoms with Crippen molar-refractivity contribution in [2.45, 2.75) is 19.4 Å². The standard InChI is InChI=1S/C20H22ClN3O2/c21-16-7-3-5-14(11-16)12-24-10-4-6-15(13-24)20(26)23-18-9-2-1-8-17(18)19(22)25/h1-3,5,7-9,11,15H,4,6,10,12-13H2,(H2,22,25)(H,23,26). The second-order valence-corrected chi connectivity index (χ2v) is 7.04. The van der Waals surface area contributed by atoms with Crippen molar-refractivity contribution in [2.24, 2.45) is 11.7 Å². The molecule has 0 radical (unpaired) electrons. The number of benzene rings is 2. The summed E-state index contributed by atoms with van der Waals surface area (Å²) in [7, 11) is 0. The SMILES string of the molecule is NC(=O)c1ccccc1NC(=O)C1CCCN(Cc2cccc(Cl)c2)C1. The summed E-state index contributed by atoms with van der Waals surface area (Å²) >= 11 is 6.05. The van der Waals surface area contributed by atoms with Crippen LogP contribution in [-0.4, -0.2) is 29.8 Å². The summed E-state index contributed by atoms with van der Waals surface area (Å²) < 4.78 is 0. The van der Waals surface area contributed by atoms with Crippen molar-refractivity contribution in [1.82, 2.24) is 4.90 Å². The molecule has 1 fully saturated rings. The Hall–Kier alpha value is -2.37. The van der Waals surface area contributed by atoms with Gasteiger partial charge in [-0.25, -0.2) is 0 Å². The highest BCUT2D eigenvalue weighted by Crippen LogP contribution is 2.22. The summed E-state index contributed by atoms with van der Waals surface area (Å²) in [5.41, 5.74) is 7.31. The summed E-state index contributed by atoms with van der Waals surface area (Å²) in [5.74, 6) is -0.745. The van der Waals surface area contributed by atoms with E-state index in [4.69, 9.17) is 17.3 Å². The fourth-order valence-corrected chi connectivity index (χ4v) is 3.56. The fourth-order valence-electron chi connectivity index (χ4n) is 3.35. The lowest BCUT2D eigenvalue weighted by Gasteiger charge is -2.32. The summed E-state index contributed by atoms with van der Waals surface area (Å²) in [6, 6.07) is 14.6. The molecule has 136 valence electrons. The molecule has 6 heteroatoms.